The molecule has 316 valence electrons. The second kappa shape index (κ2) is 35.6. The van der Waals surface area contributed by atoms with Gasteiger partial charge in [-0.05, 0) is 38.5 Å². The van der Waals surface area contributed by atoms with E-state index in [4.69, 9.17) is 18.5 Å². The van der Waals surface area contributed by atoms with Gasteiger partial charge in [-0.2, -0.15) is 0 Å². The van der Waals surface area contributed by atoms with E-state index in [0.717, 1.165) is 25.7 Å². The van der Waals surface area contributed by atoms with E-state index in [1.54, 1.807) is 12.2 Å². The molecule has 0 radical (unpaired) electrons. The van der Waals surface area contributed by atoms with E-state index in [-0.39, 0.29) is 26.1 Å². The summed E-state index contributed by atoms with van der Waals surface area (Å²) in [6.45, 7) is 4.18. The number of quaternary nitrogens is 1. The van der Waals surface area contributed by atoms with Crippen LogP contribution in [0.5, 0.6) is 0 Å². The zero-order valence-electron chi connectivity index (χ0n) is 35.1. The summed E-state index contributed by atoms with van der Waals surface area (Å²) < 4.78 is 34.1. The maximum absolute atomic E-state index is 12.7. The SMILES string of the molecule is CCCCCCCC/C=C/C/C=C/C=C/C(O)CCCC(=O)O[C@H](COC(=O)CCCCCCCCCCCCCC)COP(=O)(O)OCC[N+](C)(C)C. The van der Waals surface area contributed by atoms with Crippen LogP contribution in [0.4, 0.5) is 0 Å². The lowest BCUT2D eigenvalue weighted by Gasteiger charge is -2.24. The highest BCUT2D eigenvalue weighted by molar-refractivity contribution is 7.47. The van der Waals surface area contributed by atoms with Gasteiger partial charge in [-0.15, -0.1) is 0 Å². The molecule has 0 aliphatic carbocycles. The molecule has 0 aromatic carbocycles. The van der Waals surface area contributed by atoms with E-state index in [9.17, 15) is 24.2 Å². The van der Waals surface area contributed by atoms with Crippen molar-refractivity contribution in [2.45, 2.75) is 180 Å². The smallest absolute Gasteiger partial charge is 0.462 e. The van der Waals surface area contributed by atoms with Gasteiger partial charge in [0.25, 0.3) is 0 Å². The molecule has 0 aliphatic heterocycles. The molecule has 0 amide bonds. The molecule has 0 bridgehead atoms. The van der Waals surface area contributed by atoms with Crippen LogP contribution in [-0.4, -0.2) is 86.1 Å². The maximum atomic E-state index is 12.7. The van der Waals surface area contributed by atoms with Crippen LogP contribution in [0.2, 0.25) is 0 Å². The molecule has 0 rings (SSSR count). The molecule has 0 saturated heterocycles. The first kappa shape index (κ1) is 52.2. The average molecular weight is 787 g/mol. The van der Waals surface area contributed by atoms with E-state index < -0.39 is 38.6 Å². The summed E-state index contributed by atoms with van der Waals surface area (Å²) in [6.07, 6.45) is 35.1. The van der Waals surface area contributed by atoms with E-state index in [2.05, 4.69) is 26.0 Å². The van der Waals surface area contributed by atoms with Crippen LogP contribution in [0.25, 0.3) is 0 Å². The number of aliphatic hydroxyl groups excluding tert-OH is 1. The summed E-state index contributed by atoms with van der Waals surface area (Å²) >= 11 is 0. The fraction of sp³-hybridized carbons (Fsp3) is 0.814. The number of carbonyl (C=O) groups is 2. The quantitative estimate of drug-likeness (QED) is 0.0157. The van der Waals surface area contributed by atoms with Crippen molar-refractivity contribution in [1.29, 1.82) is 0 Å². The molecule has 11 heteroatoms. The molecule has 0 aliphatic rings. The topological polar surface area (TPSA) is 129 Å². The van der Waals surface area contributed by atoms with E-state index >= 15 is 0 Å². The Bertz CT molecular complexity index is 1040. The second-order valence-corrected chi connectivity index (χ2v) is 17.0. The highest BCUT2D eigenvalue weighted by Gasteiger charge is 2.27. The predicted octanol–water partition coefficient (Wildman–Crippen LogP) is 10.7. The van der Waals surface area contributed by atoms with Gasteiger partial charge in [0.2, 0.25) is 0 Å². The van der Waals surface area contributed by atoms with Gasteiger partial charge >= 0.3 is 19.8 Å². The number of aliphatic hydroxyl groups is 1. The molecule has 10 nitrogen and oxygen atoms in total. The summed E-state index contributed by atoms with van der Waals surface area (Å²) in [5.41, 5.74) is 0. The molecule has 0 heterocycles. The number of phosphoric ester groups is 1. The summed E-state index contributed by atoms with van der Waals surface area (Å²) in [6, 6.07) is 0. The van der Waals surface area contributed by atoms with Gasteiger partial charge in [0.1, 0.15) is 19.8 Å². The molecule has 0 fully saturated rings. The first-order chi connectivity index (χ1) is 25.9. The van der Waals surface area contributed by atoms with Gasteiger partial charge in [-0.1, -0.05) is 153 Å². The number of likely N-dealkylation sites (N-methyl/N-ethyl adjacent to an activating group) is 1. The van der Waals surface area contributed by atoms with Crippen molar-refractivity contribution in [3.05, 3.63) is 36.5 Å². The van der Waals surface area contributed by atoms with Crippen LogP contribution in [0.15, 0.2) is 36.5 Å². The number of esters is 2. The van der Waals surface area contributed by atoms with Gasteiger partial charge in [0.15, 0.2) is 6.10 Å². The van der Waals surface area contributed by atoms with Crippen LogP contribution < -0.4 is 0 Å². The molecule has 0 saturated carbocycles. The minimum atomic E-state index is -4.42. The lowest BCUT2D eigenvalue weighted by atomic mass is 10.0. The van der Waals surface area contributed by atoms with Crippen LogP contribution in [0, 0.1) is 0 Å². The number of nitrogens with zero attached hydrogens (tertiary/aromatic N) is 1. The zero-order valence-corrected chi connectivity index (χ0v) is 36.0. The van der Waals surface area contributed by atoms with Gasteiger partial charge in [-0.25, -0.2) is 4.57 Å². The Labute approximate surface area is 330 Å². The number of unbranched alkanes of at least 4 members (excludes halogenated alkanes) is 17. The Morgan fingerprint density at radius 1 is 0.667 bits per heavy atom. The number of rotatable bonds is 38. The number of hydrogen-bond acceptors (Lipinski definition) is 8. The van der Waals surface area contributed by atoms with Gasteiger partial charge in [0, 0.05) is 12.8 Å². The molecule has 2 unspecified atom stereocenters. The fourth-order valence-corrected chi connectivity index (χ4v) is 6.35. The minimum absolute atomic E-state index is 0.00130. The number of phosphoric acid groups is 1. The van der Waals surface area contributed by atoms with Crippen molar-refractivity contribution in [2.75, 3.05) is 47.5 Å². The first-order valence-electron chi connectivity index (χ1n) is 21.3. The molecule has 3 atom stereocenters. The van der Waals surface area contributed by atoms with Crippen LogP contribution >= 0.6 is 7.82 Å². The molecular formula is C43H81NO9P+. The lowest BCUT2D eigenvalue weighted by Crippen LogP contribution is -2.37. The average Bonchev–Trinajstić information content (AvgIpc) is 3.11. The molecule has 2 N–H and O–H groups in total. The van der Waals surface area contributed by atoms with Gasteiger partial charge in [-0.3, -0.25) is 18.6 Å². The van der Waals surface area contributed by atoms with Crippen LogP contribution in [0.3, 0.4) is 0 Å². The first-order valence-corrected chi connectivity index (χ1v) is 22.8. The Morgan fingerprint density at radius 2 is 1.22 bits per heavy atom. The molecule has 0 spiro atoms. The fourth-order valence-electron chi connectivity index (χ4n) is 5.61. The normalized spacial score (nSPS) is 14.6. The Kier molecular flexibility index (Phi) is 34.4. The van der Waals surface area contributed by atoms with Crippen molar-refractivity contribution in [3.8, 4) is 0 Å². The van der Waals surface area contributed by atoms with Crippen molar-refractivity contribution in [2.24, 2.45) is 0 Å². The maximum Gasteiger partial charge on any atom is 0.472 e. The number of hydrogen-bond donors (Lipinski definition) is 2. The van der Waals surface area contributed by atoms with Gasteiger partial charge in [0.05, 0.1) is 33.9 Å². The summed E-state index contributed by atoms with van der Waals surface area (Å²) in [4.78, 5) is 35.3. The lowest BCUT2D eigenvalue weighted by molar-refractivity contribution is -0.870. The molecular weight excluding hydrogens is 705 g/mol. The van der Waals surface area contributed by atoms with Crippen LogP contribution in [-0.2, 0) is 32.7 Å². The van der Waals surface area contributed by atoms with Gasteiger partial charge < -0.3 is 24.0 Å². The van der Waals surface area contributed by atoms with Crippen LogP contribution in [0.1, 0.15) is 168 Å². The number of allylic oxidation sites excluding steroid dienone is 5. The molecule has 54 heavy (non-hydrogen) atoms. The zero-order chi connectivity index (χ0) is 40.2. The Hall–Kier alpha value is -1.81. The second-order valence-electron chi connectivity index (χ2n) is 15.6. The van der Waals surface area contributed by atoms with Crippen molar-refractivity contribution < 1.29 is 47.2 Å². The standard InChI is InChI=1S/C43H80NO9P/c1-6-8-10-12-14-16-18-20-21-23-25-27-29-32-40(45)33-31-35-43(47)53-41(39-52-54(48,49)51-37-36-44(3,4)5)38-50-42(46)34-30-28-26-24-22-19-17-15-13-11-9-7-2/h20-21,25,27,29,32,40-41,45H,6-19,22-24,26,28,30-31,33-39H2,1-5H3/p+1/b21-20+,27-25+,32-29+/t40?,41-/m1/s1. The molecule has 0 aromatic heterocycles. The van der Waals surface area contributed by atoms with E-state index in [1.807, 2.05) is 33.3 Å². The Balaban J connectivity index is 4.58. The third-order valence-electron chi connectivity index (χ3n) is 9.03. The van der Waals surface area contributed by atoms with Crippen molar-refractivity contribution >= 4 is 19.8 Å². The number of ether oxygens (including phenoxy) is 2. The summed E-state index contributed by atoms with van der Waals surface area (Å²) in [5, 5.41) is 10.3. The molecule has 0 aromatic rings. The monoisotopic (exact) mass is 787 g/mol. The third-order valence-corrected chi connectivity index (χ3v) is 10.0. The number of carbonyl (C=O) groups excluding carboxylic acids is 2. The Morgan fingerprint density at radius 3 is 1.81 bits per heavy atom. The third kappa shape index (κ3) is 38.5. The van der Waals surface area contributed by atoms with Crippen molar-refractivity contribution in [3.63, 3.8) is 0 Å². The van der Waals surface area contributed by atoms with E-state index in [1.165, 1.54) is 96.3 Å². The summed E-state index contributed by atoms with van der Waals surface area (Å²) in [5.74, 6) is -0.995. The highest BCUT2D eigenvalue weighted by Crippen LogP contribution is 2.43. The predicted molar refractivity (Wildman–Crippen MR) is 221 cm³/mol. The van der Waals surface area contributed by atoms with E-state index in [0.29, 0.717) is 30.3 Å². The minimum Gasteiger partial charge on any atom is -0.462 e. The highest BCUT2D eigenvalue weighted by atomic mass is 31.2. The van der Waals surface area contributed by atoms with Crippen molar-refractivity contribution in [1.82, 2.24) is 0 Å². The summed E-state index contributed by atoms with van der Waals surface area (Å²) in [7, 11) is 1.36. The largest absolute Gasteiger partial charge is 0.472 e.